The molecule has 0 radical (unpaired) electrons. The zero-order chi connectivity index (χ0) is 13.3. The maximum absolute atomic E-state index is 6.32. The van der Waals surface area contributed by atoms with Crippen LogP contribution in [0.3, 0.4) is 0 Å². The monoisotopic (exact) mass is 252 g/mol. The van der Waals surface area contributed by atoms with Crippen molar-refractivity contribution in [3.63, 3.8) is 0 Å². The first-order chi connectivity index (χ1) is 8.41. The number of rotatable bonds is 3. The third kappa shape index (κ3) is 2.91. The SMILES string of the molecule is CC(N)C(N1CCCC1C1CCCC1)C(C)(C)C. The van der Waals surface area contributed by atoms with E-state index in [9.17, 15) is 0 Å². The Bertz CT molecular complexity index is 261. The minimum Gasteiger partial charge on any atom is -0.327 e. The predicted molar refractivity (Wildman–Crippen MR) is 78.6 cm³/mol. The standard InChI is InChI=1S/C16H32N2/c1-12(17)15(16(2,3)4)18-11-7-10-14(18)13-8-5-6-9-13/h12-15H,5-11,17H2,1-4H3. The van der Waals surface area contributed by atoms with E-state index in [0.717, 1.165) is 12.0 Å². The molecule has 0 spiro atoms. The number of nitrogens with zero attached hydrogens (tertiary/aromatic N) is 1. The van der Waals surface area contributed by atoms with Crippen LogP contribution in [0.25, 0.3) is 0 Å². The molecule has 0 bridgehead atoms. The van der Waals surface area contributed by atoms with E-state index in [2.05, 4.69) is 32.6 Å². The van der Waals surface area contributed by atoms with Crippen molar-refractivity contribution in [3.05, 3.63) is 0 Å². The topological polar surface area (TPSA) is 29.3 Å². The van der Waals surface area contributed by atoms with Gasteiger partial charge in [-0.05, 0) is 50.5 Å². The molecule has 106 valence electrons. The molecule has 2 nitrogen and oxygen atoms in total. The van der Waals surface area contributed by atoms with Crippen molar-refractivity contribution in [2.75, 3.05) is 6.54 Å². The highest BCUT2D eigenvalue weighted by atomic mass is 15.2. The lowest BCUT2D eigenvalue weighted by atomic mass is 9.80. The van der Waals surface area contributed by atoms with E-state index in [0.29, 0.717) is 6.04 Å². The first kappa shape index (κ1) is 14.3. The fourth-order valence-electron chi connectivity index (χ4n) is 4.60. The van der Waals surface area contributed by atoms with Gasteiger partial charge >= 0.3 is 0 Å². The second-order valence-electron chi connectivity index (χ2n) is 7.66. The van der Waals surface area contributed by atoms with Crippen molar-refractivity contribution >= 4 is 0 Å². The minimum atomic E-state index is 0.270. The van der Waals surface area contributed by atoms with Crippen LogP contribution in [0.1, 0.15) is 66.2 Å². The van der Waals surface area contributed by atoms with Crippen LogP contribution in [-0.4, -0.2) is 29.6 Å². The molecule has 1 aliphatic heterocycles. The summed E-state index contributed by atoms with van der Waals surface area (Å²) in [6, 6.07) is 1.63. The van der Waals surface area contributed by atoms with Crippen LogP contribution in [0.15, 0.2) is 0 Å². The fourth-order valence-corrected chi connectivity index (χ4v) is 4.60. The van der Waals surface area contributed by atoms with Gasteiger partial charge in [-0.1, -0.05) is 33.6 Å². The second-order valence-corrected chi connectivity index (χ2v) is 7.66. The lowest BCUT2D eigenvalue weighted by molar-refractivity contribution is 0.0495. The fraction of sp³-hybridized carbons (Fsp3) is 1.00. The van der Waals surface area contributed by atoms with E-state index in [4.69, 9.17) is 5.73 Å². The number of likely N-dealkylation sites (tertiary alicyclic amines) is 1. The highest BCUT2D eigenvalue weighted by Crippen LogP contribution is 2.39. The van der Waals surface area contributed by atoms with Crippen LogP contribution < -0.4 is 5.73 Å². The van der Waals surface area contributed by atoms with E-state index in [1.54, 1.807) is 0 Å². The molecule has 1 aliphatic carbocycles. The van der Waals surface area contributed by atoms with Gasteiger partial charge in [-0.15, -0.1) is 0 Å². The van der Waals surface area contributed by atoms with E-state index in [-0.39, 0.29) is 11.5 Å². The van der Waals surface area contributed by atoms with Gasteiger partial charge in [-0.3, -0.25) is 4.90 Å². The molecule has 0 aromatic heterocycles. The Labute approximate surface area is 113 Å². The molecule has 2 rings (SSSR count). The van der Waals surface area contributed by atoms with Gasteiger partial charge in [0.2, 0.25) is 0 Å². The van der Waals surface area contributed by atoms with E-state index >= 15 is 0 Å². The molecule has 2 heteroatoms. The van der Waals surface area contributed by atoms with Gasteiger partial charge in [0.25, 0.3) is 0 Å². The molecule has 0 aromatic rings. The normalized spacial score (nSPS) is 30.8. The Hall–Kier alpha value is -0.0800. The maximum Gasteiger partial charge on any atom is 0.0295 e. The van der Waals surface area contributed by atoms with E-state index in [1.165, 1.54) is 45.1 Å². The van der Waals surface area contributed by atoms with E-state index in [1.807, 2.05) is 0 Å². The summed E-state index contributed by atoms with van der Waals surface area (Å²) in [5.74, 6) is 0.955. The summed E-state index contributed by atoms with van der Waals surface area (Å²) < 4.78 is 0. The van der Waals surface area contributed by atoms with Crippen molar-refractivity contribution in [2.45, 2.75) is 84.3 Å². The van der Waals surface area contributed by atoms with Gasteiger partial charge in [0.15, 0.2) is 0 Å². The predicted octanol–water partition coefficient (Wildman–Crippen LogP) is 3.40. The largest absolute Gasteiger partial charge is 0.327 e. The minimum absolute atomic E-state index is 0.270. The summed E-state index contributed by atoms with van der Waals surface area (Å²) in [5.41, 5.74) is 6.61. The molecular weight excluding hydrogens is 220 g/mol. The smallest absolute Gasteiger partial charge is 0.0295 e. The molecule has 1 heterocycles. The van der Waals surface area contributed by atoms with Gasteiger partial charge in [-0.25, -0.2) is 0 Å². The highest BCUT2D eigenvalue weighted by Gasteiger charge is 2.42. The molecule has 18 heavy (non-hydrogen) atoms. The Kier molecular flexibility index (Phi) is 4.38. The van der Waals surface area contributed by atoms with Crippen LogP contribution in [0.2, 0.25) is 0 Å². The molecule has 3 unspecified atom stereocenters. The first-order valence-corrected chi connectivity index (χ1v) is 7.92. The molecule has 3 atom stereocenters. The summed E-state index contributed by atoms with van der Waals surface area (Å²) in [6.45, 7) is 10.5. The lowest BCUT2D eigenvalue weighted by Gasteiger charge is -2.45. The lowest BCUT2D eigenvalue weighted by Crippen LogP contribution is -2.56. The summed E-state index contributed by atoms with van der Waals surface area (Å²) >= 11 is 0. The summed E-state index contributed by atoms with van der Waals surface area (Å²) in [5, 5.41) is 0. The molecule has 1 saturated heterocycles. The van der Waals surface area contributed by atoms with Gasteiger partial charge in [0.05, 0.1) is 0 Å². The average molecular weight is 252 g/mol. The van der Waals surface area contributed by atoms with Gasteiger partial charge in [-0.2, -0.15) is 0 Å². The Morgan fingerprint density at radius 1 is 1.06 bits per heavy atom. The highest BCUT2D eigenvalue weighted by molar-refractivity contribution is 4.97. The molecular formula is C16H32N2. The van der Waals surface area contributed by atoms with Crippen LogP contribution >= 0.6 is 0 Å². The van der Waals surface area contributed by atoms with Crippen molar-refractivity contribution < 1.29 is 0 Å². The first-order valence-electron chi connectivity index (χ1n) is 7.92. The van der Waals surface area contributed by atoms with Crippen LogP contribution in [0.5, 0.6) is 0 Å². The second kappa shape index (κ2) is 5.50. The van der Waals surface area contributed by atoms with Crippen molar-refractivity contribution in [1.82, 2.24) is 4.90 Å². The molecule has 2 N–H and O–H groups in total. The van der Waals surface area contributed by atoms with Gasteiger partial charge in [0, 0.05) is 18.1 Å². The summed E-state index contributed by atoms with van der Waals surface area (Å²) in [4.78, 5) is 2.78. The maximum atomic E-state index is 6.32. The Balaban J connectivity index is 2.13. The third-order valence-electron chi connectivity index (χ3n) is 5.03. The quantitative estimate of drug-likeness (QED) is 0.834. The van der Waals surface area contributed by atoms with Crippen molar-refractivity contribution in [2.24, 2.45) is 17.1 Å². The summed E-state index contributed by atoms with van der Waals surface area (Å²) in [6.07, 6.45) is 8.60. The van der Waals surface area contributed by atoms with Crippen molar-refractivity contribution in [1.29, 1.82) is 0 Å². The zero-order valence-electron chi connectivity index (χ0n) is 12.8. The number of hydrogen-bond acceptors (Lipinski definition) is 2. The Morgan fingerprint density at radius 3 is 2.17 bits per heavy atom. The van der Waals surface area contributed by atoms with Crippen LogP contribution in [0, 0.1) is 11.3 Å². The van der Waals surface area contributed by atoms with Crippen LogP contribution in [-0.2, 0) is 0 Å². The van der Waals surface area contributed by atoms with Gasteiger partial charge < -0.3 is 5.73 Å². The number of hydrogen-bond donors (Lipinski definition) is 1. The molecule has 1 saturated carbocycles. The zero-order valence-corrected chi connectivity index (χ0v) is 12.8. The van der Waals surface area contributed by atoms with E-state index < -0.39 is 0 Å². The Morgan fingerprint density at radius 2 is 1.67 bits per heavy atom. The third-order valence-corrected chi connectivity index (χ3v) is 5.03. The molecule has 2 fully saturated rings. The molecule has 0 aromatic carbocycles. The average Bonchev–Trinajstić information content (AvgIpc) is 2.82. The molecule has 0 amide bonds. The molecule has 2 aliphatic rings. The van der Waals surface area contributed by atoms with Gasteiger partial charge in [0.1, 0.15) is 0 Å². The van der Waals surface area contributed by atoms with Crippen molar-refractivity contribution in [3.8, 4) is 0 Å². The van der Waals surface area contributed by atoms with Crippen LogP contribution in [0.4, 0.5) is 0 Å². The summed E-state index contributed by atoms with van der Waals surface area (Å²) in [7, 11) is 0. The number of nitrogens with two attached hydrogens (primary N) is 1.